The maximum absolute atomic E-state index is 11.5. The summed E-state index contributed by atoms with van der Waals surface area (Å²) in [4.78, 5) is 16.2. The Labute approximate surface area is 175 Å². The fourth-order valence-electron chi connectivity index (χ4n) is 1.81. The molecule has 0 saturated heterocycles. The number of aliphatic hydroxyl groups excluding tert-OH is 1. The average Bonchev–Trinajstić information content (AvgIpc) is 2.43. The van der Waals surface area contributed by atoms with Crippen LogP contribution in [0, 0.1) is 0 Å². The number of aliphatic imine (C=N–C) groups is 1. The molecule has 0 bridgehead atoms. The second-order valence-electron chi connectivity index (χ2n) is 4.87. The summed E-state index contributed by atoms with van der Waals surface area (Å²) in [6.07, 6.45) is 8.10. The molecule has 122 valence electrons. The van der Waals surface area contributed by atoms with E-state index in [9.17, 15) is 9.90 Å². The molecule has 0 aliphatic rings. The van der Waals surface area contributed by atoms with Crippen molar-refractivity contribution in [3.8, 4) is 0 Å². The Morgan fingerprint density at radius 1 is 1.27 bits per heavy atom. The standard InChI is InChI=1S/C15H28N2O4.K/c1-2-3-4-5-6-8-14(19)16-9-11-17(10-7-12-18)13-15(20)21;/h6,8,18H,2-5,7,9-13H2,1H3,(H,16,19)(H,20,21);/q;+1/p-1/b8-6+;. The van der Waals surface area contributed by atoms with Crippen LogP contribution < -0.4 is 56.5 Å². The van der Waals surface area contributed by atoms with E-state index in [0.29, 0.717) is 19.5 Å². The van der Waals surface area contributed by atoms with Crippen LogP contribution in [0.4, 0.5) is 0 Å². The number of unbranched alkanes of at least 4 members (excludes halogenated alkanes) is 3. The summed E-state index contributed by atoms with van der Waals surface area (Å²) < 4.78 is 0. The van der Waals surface area contributed by atoms with E-state index in [1.807, 2.05) is 6.08 Å². The predicted molar refractivity (Wildman–Crippen MR) is 81.4 cm³/mol. The van der Waals surface area contributed by atoms with E-state index >= 15 is 0 Å². The van der Waals surface area contributed by atoms with Gasteiger partial charge < -0.3 is 15.3 Å². The summed E-state index contributed by atoms with van der Waals surface area (Å²) in [6, 6.07) is 0. The number of aliphatic hydroxyl groups is 1. The molecule has 6 nitrogen and oxygen atoms in total. The maximum Gasteiger partial charge on any atom is 1.00 e. The third-order valence-corrected chi connectivity index (χ3v) is 2.91. The Hall–Kier alpha value is 0.236. The monoisotopic (exact) mass is 338 g/mol. The molecule has 0 rings (SSSR count). The summed E-state index contributed by atoms with van der Waals surface area (Å²) in [7, 11) is 0. The van der Waals surface area contributed by atoms with Crippen LogP contribution in [-0.4, -0.2) is 59.8 Å². The van der Waals surface area contributed by atoms with E-state index in [4.69, 9.17) is 10.2 Å². The fourth-order valence-corrected chi connectivity index (χ4v) is 1.81. The minimum Gasteiger partial charge on any atom is -0.859 e. The molecule has 0 aromatic rings. The van der Waals surface area contributed by atoms with Crippen molar-refractivity contribution >= 4 is 11.9 Å². The molecule has 0 unspecified atom stereocenters. The zero-order chi connectivity index (χ0) is 15.9. The van der Waals surface area contributed by atoms with Gasteiger partial charge in [0, 0.05) is 19.7 Å². The van der Waals surface area contributed by atoms with Gasteiger partial charge in [-0.3, -0.25) is 14.7 Å². The third kappa shape index (κ3) is 16.6. The first-order valence-electron chi connectivity index (χ1n) is 7.53. The van der Waals surface area contributed by atoms with E-state index in [1.165, 1.54) is 6.08 Å². The predicted octanol–water partition coefficient (Wildman–Crippen LogP) is -2.35. The van der Waals surface area contributed by atoms with Gasteiger partial charge in [0.05, 0.1) is 13.1 Å². The Bertz CT molecular complexity index is 336. The van der Waals surface area contributed by atoms with E-state index in [2.05, 4.69) is 11.9 Å². The number of hydrogen-bond acceptors (Lipinski definition) is 5. The Morgan fingerprint density at radius 2 is 2.00 bits per heavy atom. The molecule has 0 heterocycles. The van der Waals surface area contributed by atoms with Gasteiger partial charge in [-0.2, -0.15) is 0 Å². The largest absolute Gasteiger partial charge is 1.00 e. The smallest absolute Gasteiger partial charge is 0.859 e. The molecule has 0 amide bonds. The molecule has 0 saturated carbocycles. The summed E-state index contributed by atoms with van der Waals surface area (Å²) >= 11 is 0. The fraction of sp³-hybridized carbons (Fsp3) is 0.733. The van der Waals surface area contributed by atoms with Crippen LogP contribution in [0.15, 0.2) is 17.1 Å². The van der Waals surface area contributed by atoms with Crippen molar-refractivity contribution in [1.82, 2.24) is 4.90 Å². The van der Waals surface area contributed by atoms with Crippen LogP contribution in [0.5, 0.6) is 0 Å². The number of carbonyl (C=O) groups is 1. The molecule has 0 aliphatic carbocycles. The number of hydrogen-bond donors (Lipinski definition) is 2. The number of carboxylic acids is 1. The Morgan fingerprint density at radius 3 is 2.59 bits per heavy atom. The van der Waals surface area contributed by atoms with E-state index in [1.54, 1.807) is 4.90 Å². The third-order valence-electron chi connectivity index (χ3n) is 2.91. The van der Waals surface area contributed by atoms with Crippen molar-refractivity contribution < 1.29 is 71.5 Å². The zero-order valence-corrected chi connectivity index (χ0v) is 17.0. The van der Waals surface area contributed by atoms with E-state index in [-0.39, 0.29) is 77.0 Å². The minimum atomic E-state index is -0.921. The zero-order valence-electron chi connectivity index (χ0n) is 13.8. The van der Waals surface area contributed by atoms with Gasteiger partial charge in [-0.05, 0) is 25.2 Å². The van der Waals surface area contributed by atoms with Gasteiger partial charge in [-0.25, -0.2) is 0 Å². The minimum absolute atomic E-state index is 0. The van der Waals surface area contributed by atoms with Crippen LogP contribution in [-0.2, 0) is 4.79 Å². The van der Waals surface area contributed by atoms with Crippen LogP contribution >= 0.6 is 0 Å². The van der Waals surface area contributed by atoms with Gasteiger partial charge in [0.2, 0.25) is 0 Å². The Kier molecular flexibility index (Phi) is 19.6. The van der Waals surface area contributed by atoms with Crippen molar-refractivity contribution in [1.29, 1.82) is 0 Å². The van der Waals surface area contributed by atoms with Crippen molar-refractivity contribution in [3.63, 3.8) is 0 Å². The second-order valence-corrected chi connectivity index (χ2v) is 4.87. The first kappa shape index (κ1) is 24.5. The van der Waals surface area contributed by atoms with E-state index < -0.39 is 5.97 Å². The molecular formula is C15H27KN2O4. The van der Waals surface area contributed by atoms with Crippen molar-refractivity contribution in [3.05, 3.63) is 12.2 Å². The number of carboxylic acid groups (broad SMARTS) is 1. The molecule has 0 fully saturated rings. The van der Waals surface area contributed by atoms with Crippen LogP contribution in [0.1, 0.15) is 39.0 Å². The molecule has 0 aromatic heterocycles. The van der Waals surface area contributed by atoms with Crippen LogP contribution in [0.3, 0.4) is 0 Å². The van der Waals surface area contributed by atoms with E-state index in [0.717, 1.165) is 25.7 Å². The molecule has 0 aliphatic heterocycles. The molecule has 7 heteroatoms. The summed E-state index contributed by atoms with van der Waals surface area (Å²) in [5.74, 6) is -1.20. The average molecular weight is 338 g/mol. The molecule has 0 atom stereocenters. The van der Waals surface area contributed by atoms with Gasteiger partial charge in [0.15, 0.2) is 0 Å². The van der Waals surface area contributed by atoms with Gasteiger partial charge >= 0.3 is 57.4 Å². The molecular weight excluding hydrogens is 311 g/mol. The van der Waals surface area contributed by atoms with Crippen molar-refractivity contribution in [2.75, 3.05) is 32.8 Å². The maximum atomic E-state index is 11.5. The second kappa shape index (κ2) is 17.6. The molecule has 0 aromatic carbocycles. The van der Waals surface area contributed by atoms with Crippen LogP contribution in [0.2, 0.25) is 0 Å². The summed E-state index contributed by atoms with van der Waals surface area (Å²) in [5.41, 5.74) is 0. The quantitative estimate of drug-likeness (QED) is 0.170. The first-order valence-corrected chi connectivity index (χ1v) is 7.53. The number of aliphatic carboxylic acids is 1. The summed E-state index contributed by atoms with van der Waals surface area (Å²) in [6.45, 7) is 3.21. The Balaban J connectivity index is 0. The van der Waals surface area contributed by atoms with Gasteiger partial charge in [-0.15, -0.1) is 0 Å². The van der Waals surface area contributed by atoms with Crippen molar-refractivity contribution in [2.24, 2.45) is 4.99 Å². The van der Waals surface area contributed by atoms with Gasteiger partial charge in [0.1, 0.15) is 0 Å². The SMILES string of the molecule is CCCCC/C=C/C([O-])=NCCN(CCCO)CC(=O)O.[K+]. The number of rotatable bonds is 13. The van der Waals surface area contributed by atoms with Gasteiger partial charge in [0.25, 0.3) is 0 Å². The first-order chi connectivity index (χ1) is 10.1. The molecule has 22 heavy (non-hydrogen) atoms. The summed E-state index contributed by atoms with van der Waals surface area (Å²) in [5, 5.41) is 29.0. The van der Waals surface area contributed by atoms with Crippen molar-refractivity contribution in [2.45, 2.75) is 39.0 Å². The molecule has 0 spiro atoms. The topological polar surface area (TPSA) is 96.2 Å². The molecule has 2 N–H and O–H groups in total. The molecule has 0 radical (unpaired) electrons. The normalized spacial score (nSPS) is 11.9. The number of nitrogens with zero attached hydrogens (tertiary/aromatic N) is 2. The van der Waals surface area contributed by atoms with Gasteiger partial charge in [-0.1, -0.05) is 31.9 Å². The number of allylic oxidation sites excluding steroid dienone is 1. The van der Waals surface area contributed by atoms with Crippen LogP contribution in [0.25, 0.3) is 0 Å².